The molecule has 2 heterocycles. The lowest BCUT2D eigenvalue weighted by Gasteiger charge is -2.06. The van der Waals surface area contributed by atoms with Crippen molar-refractivity contribution in [2.24, 2.45) is 14.1 Å². The molecule has 0 spiro atoms. The average molecular weight is 271 g/mol. The average Bonchev–Trinajstić information content (AvgIpc) is 2.91. The van der Waals surface area contributed by atoms with Gasteiger partial charge in [0.2, 0.25) is 0 Å². The third-order valence-corrected chi connectivity index (χ3v) is 3.44. The maximum Gasteiger partial charge on any atom is 0.339 e. The van der Waals surface area contributed by atoms with Crippen LogP contribution in [0.1, 0.15) is 10.4 Å². The van der Waals surface area contributed by atoms with E-state index in [1.54, 1.807) is 25.2 Å². The zero-order valence-corrected chi connectivity index (χ0v) is 11.0. The first kappa shape index (κ1) is 12.3. The number of carboxylic acids is 1. The van der Waals surface area contributed by atoms with Crippen LogP contribution in [0.3, 0.4) is 0 Å². The zero-order valence-electron chi connectivity index (χ0n) is 11.0. The van der Waals surface area contributed by atoms with Gasteiger partial charge < -0.3 is 14.8 Å². The Morgan fingerprint density at radius 2 is 2.00 bits per heavy atom. The molecular formula is C14H13N3O3. The first-order valence-electron chi connectivity index (χ1n) is 6.03. The van der Waals surface area contributed by atoms with Gasteiger partial charge in [-0.25, -0.2) is 4.79 Å². The van der Waals surface area contributed by atoms with Crippen LogP contribution in [0.15, 0.2) is 30.5 Å². The number of hydrogen-bond acceptors (Lipinski definition) is 3. The lowest BCUT2D eigenvalue weighted by Crippen LogP contribution is -2.03. The van der Waals surface area contributed by atoms with Crippen molar-refractivity contribution in [2.75, 3.05) is 0 Å². The summed E-state index contributed by atoms with van der Waals surface area (Å²) >= 11 is 0. The molecule has 0 fully saturated rings. The predicted molar refractivity (Wildman–Crippen MR) is 73.7 cm³/mol. The van der Waals surface area contributed by atoms with Crippen LogP contribution in [-0.2, 0) is 14.1 Å². The third kappa shape index (κ3) is 1.65. The maximum absolute atomic E-state index is 11.3. The van der Waals surface area contributed by atoms with Crippen LogP contribution in [0.2, 0.25) is 0 Å². The summed E-state index contributed by atoms with van der Waals surface area (Å²) in [6.07, 6.45) is 1.34. The summed E-state index contributed by atoms with van der Waals surface area (Å²) in [6.45, 7) is 0. The molecule has 0 saturated heterocycles. The molecular weight excluding hydrogens is 258 g/mol. The molecule has 6 nitrogen and oxygen atoms in total. The van der Waals surface area contributed by atoms with Crippen LogP contribution in [0, 0.1) is 0 Å². The van der Waals surface area contributed by atoms with Crippen LogP contribution >= 0.6 is 0 Å². The minimum absolute atomic E-state index is 0.155. The molecule has 0 atom stereocenters. The van der Waals surface area contributed by atoms with Crippen molar-refractivity contribution in [3.8, 4) is 17.1 Å². The van der Waals surface area contributed by atoms with Gasteiger partial charge in [0.05, 0.1) is 23.1 Å². The summed E-state index contributed by atoms with van der Waals surface area (Å²) in [5, 5.41) is 23.8. The van der Waals surface area contributed by atoms with Crippen LogP contribution in [0.25, 0.3) is 22.3 Å². The van der Waals surface area contributed by atoms with Crippen molar-refractivity contribution in [1.82, 2.24) is 14.3 Å². The number of fused-ring (bicyclic) bond motifs is 1. The molecule has 6 heteroatoms. The van der Waals surface area contributed by atoms with Crippen molar-refractivity contribution in [2.45, 2.75) is 0 Å². The molecule has 2 N–H and O–H groups in total. The Morgan fingerprint density at radius 3 is 2.70 bits per heavy atom. The minimum Gasteiger partial charge on any atom is -0.508 e. The van der Waals surface area contributed by atoms with E-state index in [1.165, 1.54) is 10.9 Å². The van der Waals surface area contributed by atoms with Gasteiger partial charge in [0.1, 0.15) is 11.3 Å². The smallest absolute Gasteiger partial charge is 0.339 e. The van der Waals surface area contributed by atoms with Crippen molar-refractivity contribution < 1.29 is 15.0 Å². The normalized spacial score (nSPS) is 11.1. The fourth-order valence-electron chi connectivity index (χ4n) is 2.44. The summed E-state index contributed by atoms with van der Waals surface area (Å²) < 4.78 is 3.38. The van der Waals surface area contributed by atoms with Crippen molar-refractivity contribution in [1.29, 1.82) is 0 Å². The fraction of sp³-hybridized carbons (Fsp3) is 0.143. The highest BCUT2D eigenvalue weighted by Crippen LogP contribution is 2.30. The van der Waals surface area contributed by atoms with Gasteiger partial charge in [0, 0.05) is 25.5 Å². The number of hydrogen-bond donors (Lipinski definition) is 2. The number of carbonyl (C=O) groups is 1. The van der Waals surface area contributed by atoms with Gasteiger partial charge in [-0.1, -0.05) is 0 Å². The standard InChI is InChI=1S/C14H13N3O3/c1-16-11-6-9(18)4-3-8(11)5-12(16)13-10(14(19)20)7-15-17(13)2/h3-7,18H,1-2H3,(H,19,20). The number of aromatic hydroxyl groups is 1. The quantitative estimate of drug-likeness (QED) is 0.747. The Morgan fingerprint density at radius 1 is 1.25 bits per heavy atom. The number of phenols is 1. The fourth-order valence-corrected chi connectivity index (χ4v) is 2.44. The number of nitrogens with zero attached hydrogens (tertiary/aromatic N) is 3. The highest BCUT2D eigenvalue weighted by Gasteiger charge is 2.20. The van der Waals surface area contributed by atoms with E-state index in [4.69, 9.17) is 0 Å². The number of aromatic carboxylic acids is 1. The number of phenolic OH excluding ortho intramolecular Hbond substituents is 1. The monoisotopic (exact) mass is 271 g/mol. The van der Waals surface area contributed by atoms with E-state index < -0.39 is 5.97 Å². The van der Waals surface area contributed by atoms with E-state index in [9.17, 15) is 15.0 Å². The second kappa shape index (κ2) is 4.12. The summed E-state index contributed by atoms with van der Waals surface area (Å²) in [5.41, 5.74) is 2.26. The van der Waals surface area contributed by atoms with Gasteiger partial charge in [-0.3, -0.25) is 4.68 Å². The Kier molecular flexibility index (Phi) is 2.53. The minimum atomic E-state index is -1.01. The highest BCUT2D eigenvalue weighted by molar-refractivity contribution is 5.96. The third-order valence-electron chi connectivity index (χ3n) is 3.44. The van der Waals surface area contributed by atoms with E-state index >= 15 is 0 Å². The van der Waals surface area contributed by atoms with Crippen molar-refractivity contribution in [3.05, 3.63) is 36.0 Å². The van der Waals surface area contributed by atoms with Crippen LogP contribution < -0.4 is 0 Å². The molecule has 102 valence electrons. The van der Waals surface area contributed by atoms with Gasteiger partial charge in [-0.2, -0.15) is 5.10 Å². The first-order chi connectivity index (χ1) is 9.49. The van der Waals surface area contributed by atoms with E-state index in [2.05, 4.69) is 5.10 Å². The maximum atomic E-state index is 11.3. The largest absolute Gasteiger partial charge is 0.508 e. The second-order valence-electron chi connectivity index (χ2n) is 4.67. The van der Waals surface area contributed by atoms with Gasteiger partial charge in [0.15, 0.2) is 0 Å². The Hall–Kier alpha value is -2.76. The molecule has 2 aromatic heterocycles. The van der Waals surface area contributed by atoms with E-state index in [-0.39, 0.29) is 11.3 Å². The summed E-state index contributed by atoms with van der Waals surface area (Å²) in [6, 6.07) is 6.94. The Balaban J connectivity index is 2.33. The summed E-state index contributed by atoms with van der Waals surface area (Å²) in [7, 11) is 3.53. The molecule has 20 heavy (non-hydrogen) atoms. The van der Waals surface area contributed by atoms with E-state index in [0.717, 1.165) is 16.6 Å². The second-order valence-corrected chi connectivity index (χ2v) is 4.67. The van der Waals surface area contributed by atoms with Crippen LogP contribution in [-0.4, -0.2) is 30.5 Å². The molecule has 0 aliphatic rings. The Bertz CT molecular complexity index is 830. The van der Waals surface area contributed by atoms with Crippen LogP contribution in [0.5, 0.6) is 5.75 Å². The molecule has 0 amide bonds. The molecule has 0 radical (unpaired) electrons. The first-order valence-corrected chi connectivity index (χ1v) is 6.03. The number of carboxylic acid groups (broad SMARTS) is 1. The van der Waals surface area contributed by atoms with Crippen molar-refractivity contribution >= 4 is 16.9 Å². The number of rotatable bonds is 2. The lowest BCUT2D eigenvalue weighted by molar-refractivity contribution is 0.0697. The van der Waals surface area contributed by atoms with Crippen LogP contribution in [0.4, 0.5) is 0 Å². The van der Waals surface area contributed by atoms with Gasteiger partial charge in [-0.15, -0.1) is 0 Å². The van der Waals surface area contributed by atoms with Gasteiger partial charge >= 0.3 is 5.97 Å². The molecule has 0 unspecified atom stereocenters. The van der Waals surface area contributed by atoms with Gasteiger partial charge in [-0.05, 0) is 18.2 Å². The molecule has 0 bridgehead atoms. The number of benzene rings is 1. The van der Waals surface area contributed by atoms with E-state index in [1.807, 2.05) is 17.7 Å². The van der Waals surface area contributed by atoms with Crippen molar-refractivity contribution in [3.63, 3.8) is 0 Å². The summed E-state index contributed by atoms with van der Waals surface area (Å²) in [5.74, 6) is -0.838. The summed E-state index contributed by atoms with van der Waals surface area (Å²) in [4.78, 5) is 11.3. The number of aromatic nitrogens is 3. The molecule has 3 rings (SSSR count). The molecule has 0 aliphatic heterocycles. The molecule has 3 aromatic rings. The highest BCUT2D eigenvalue weighted by atomic mass is 16.4. The topological polar surface area (TPSA) is 80.3 Å². The SMILES string of the molecule is Cn1ncc(C(=O)O)c1-c1cc2ccc(O)cc2n1C. The van der Waals surface area contributed by atoms with E-state index in [0.29, 0.717) is 5.69 Å². The van der Waals surface area contributed by atoms with Gasteiger partial charge in [0.25, 0.3) is 0 Å². The molecule has 0 saturated carbocycles. The predicted octanol–water partition coefficient (Wildman–Crippen LogP) is 1.98. The Labute approximate surface area is 114 Å². The molecule has 0 aliphatic carbocycles. The zero-order chi connectivity index (χ0) is 14.4. The lowest BCUT2D eigenvalue weighted by atomic mass is 10.2. The number of aryl methyl sites for hydroxylation is 2. The molecule has 1 aromatic carbocycles.